The number of benzene rings is 2. The van der Waals surface area contributed by atoms with Crippen molar-refractivity contribution in [3.05, 3.63) is 64.7 Å². The monoisotopic (exact) mass is 488 g/mol. The standard InChI is InChI=1S/C22H18Cl2N4O3S/c1-4-9-32-22-25-20-18(26-27-22)14-7-5-6-8-17(14)28(12(2)29)21(31-20)15-10-13(23)11-16(24)19(15)30-3/h4-8,10-11,21H,1,9H2,2-3H3/t21-/m0/s1. The number of thioether (sulfide) groups is 1. The van der Waals surface area contributed by atoms with E-state index in [4.69, 9.17) is 32.7 Å². The van der Waals surface area contributed by atoms with Gasteiger partial charge < -0.3 is 9.47 Å². The van der Waals surface area contributed by atoms with Gasteiger partial charge in [-0.25, -0.2) is 0 Å². The van der Waals surface area contributed by atoms with Gasteiger partial charge in [0, 0.05) is 23.3 Å². The Morgan fingerprint density at radius 2 is 2.09 bits per heavy atom. The summed E-state index contributed by atoms with van der Waals surface area (Å²) in [5, 5.41) is 9.65. The van der Waals surface area contributed by atoms with Crippen molar-refractivity contribution in [2.75, 3.05) is 17.8 Å². The lowest BCUT2D eigenvalue weighted by Gasteiger charge is -2.31. The molecule has 1 aliphatic rings. The molecule has 10 heteroatoms. The van der Waals surface area contributed by atoms with Crippen LogP contribution in [0.25, 0.3) is 11.3 Å². The van der Waals surface area contributed by atoms with Crippen LogP contribution in [0.1, 0.15) is 18.7 Å². The summed E-state index contributed by atoms with van der Waals surface area (Å²) in [4.78, 5) is 18.9. The van der Waals surface area contributed by atoms with Gasteiger partial charge in [0.25, 0.3) is 0 Å². The molecule has 7 nitrogen and oxygen atoms in total. The molecule has 1 aliphatic heterocycles. The minimum atomic E-state index is -0.963. The van der Waals surface area contributed by atoms with Crippen molar-refractivity contribution in [1.82, 2.24) is 15.2 Å². The van der Waals surface area contributed by atoms with E-state index in [-0.39, 0.29) is 11.8 Å². The fraction of sp³-hybridized carbons (Fsp3) is 0.182. The van der Waals surface area contributed by atoms with Crippen LogP contribution in [0.2, 0.25) is 10.0 Å². The molecule has 1 aromatic heterocycles. The first-order valence-corrected chi connectivity index (χ1v) is 11.3. The Balaban J connectivity index is 1.98. The molecule has 1 atom stereocenters. The fourth-order valence-corrected chi connectivity index (χ4v) is 4.53. The highest BCUT2D eigenvalue weighted by molar-refractivity contribution is 7.99. The maximum atomic E-state index is 12.9. The third kappa shape index (κ3) is 4.13. The number of halogens is 2. The van der Waals surface area contributed by atoms with E-state index < -0.39 is 6.23 Å². The first-order valence-electron chi connectivity index (χ1n) is 9.51. The number of nitrogens with zero attached hydrogens (tertiary/aromatic N) is 4. The van der Waals surface area contributed by atoms with E-state index in [9.17, 15) is 4.79 Å². The zero-order valence-electron chi connectivity index (χ0n) is 17.2. The lowest BCUT2D eigenvalue weighted by Crippen LogP contribution is -2.36. The second-order valence-corrected chi connectivity index (χ2v) is 8.57. The van der Waals surface area contributed by atoms with Gasteiger partial charge in [-0.3, -0.25) is 9.69 Å². The maximum absolute atomic E-state index is 12.9. The number of carbonyl (C=O) groups is 1. The van der Waals surface area contributed by atoms with Crippen molar-refractivity contribution in [3.63, 3.8) is 0 Å². The van der Waals surface area contributed by atoms with Gasteiger partial charge >= 0.3 is 0 Å². The molecule has 2 aromatic carbocycles. The number of ether oxygens (including phenoxy) is 2. The summed E-state index contributed by atoms with van der Waals surface area (Å²) in [6.07, 6.45) is 0.782. The average Bonchev–Trinajstić information content (AvgIpc) is 2.91. The van der Waals surface area contributed by atoms with Crippen molar-refractivity contribution in [2.24, 2.45) is 0 Å². The van der Waals surface area contributed by atoms with E-state index in [0.29, 0.717) is 49.2 Å². The molecular formula is C22H18Cl2N4O3S. The first kappa shape index (κ1) is 22.4. The molecule has 32 heavy (non-hydrogen) atoms. The van der Waals surface area contributed by atoms with Gasteiger partial charge in [0.05, 0.1) is 23.4 Å². The van der Waals surface area contributed by atoms with E-state index >= 15 is 0 Å². The number of hydrogen-bond acceptors (Lipinski definition) is 7. The van der Waals surface area contributed by atoms with E-state index in [1.165, 1.54) is 30.7 Å². The Kier molecular flexibility index (Phi) is 6.55. The predicted molar refractivity (Wildman–Crippen MR) is 126 cm³/mol. The summed E-state index contributed by atoms with van der Waals surface area (Å²) in [5.74, 6) is 0.919. The normalized spacial score (nSPS) is 14.6. The smallest absolute Gasteiger partial charge is 0.247 e. The third-order valence-corrected chi connectivity index (χ3v) is 6.02. The molecule has 0 spiro atoms. The number of hydrogen-bond donors (Lipinski definition) is 0. The Bertz CT molecular complexity index is 1210. The minimum Gasteiger partial charge on any atom is -0.495 e. The van der Waals surface area contributed by atoms with Crippen molar-refractivity contribution in [3.8, 4) is 22.9 Å². The topological polar surface area (TPSA) is 77.4 Å². The van der Waals surface area contributed by atoms with Crippen LogP contribution >= 0.6 is 35.0 Å². The fourth-order valence-electron chi connectivity index (χ4n) is 3.43. The summed E-state index contributed by atoms with van der Waals surface area (Å²) < 4.78 is 11.9. The van der Waals surface area contributed by atoms with Gasteiger partial charge in [-0.2, -0.15) is 4.98 Å². The van der Waals surface area contributed by atoms with Gasteiger partial charge in [0.15, 0.2) is 5.69 Å². The predicted octanol–water partition coefficient (Wildman–Crippen LogP) is 5.58. The summed E-state index contributed by atoms with van der Waals surface area (Å²) in [6.45, 7) is 5.16. The van der Waals surface area contributed by atoms with Crippen molar-refractivity contribution < 1.29 is 14.3 Å². The van der Waals surface area contributed by atoms with E-state index in [1.54, 1.807) is 18.2 Å². The van der Waals surface area contributed by atoms with Gasteiger partial charge in [0.2, 0.25) is 23.2 Å². The van der Waals surface area contributed by atoms with Gasteiger partial charge in [-0.1, -0.05) is 59.2 Å². The van der Waals surface area contributed by atoms with Crippen LogP contribution in [-0.4, -0.2) is 34.0 Å². The second kappa shape index (κ2) is 9.36. The zero-order valence-corrected chi connectivity index (χ0v) is 19.5. The lowest BCUT2D eigenvalue weighted by molar-refractivity contribution is -0.118. The minimum absolute atomic E-state index is 0.228. The molecule has 0 radical (unpaired) electrons. The highest BCUT2D eigenvalue weighted by Crippen LogP contribution is 2.46. The molecule has 1 amide bonds. The van der Waals surface area contributed by atoms with E-state index in [2.05, 4.69) is 21.8 Å². The number of para-hydroxylation sites is 1. The van der Waals surface area contributed by atoms with Gasteiger partial charge in [-0.05, 0) is 18.2 Å². The van der Waals surface area contributed by atoms with Gasteiger partial charge in [0.1, 0.15) is 5.75 Å². The number of carbonyl (C=O) groups excluding carboxylic acids is 1. The summed E-state index contributed by atoms with van der Waals surface area (Å²) in [6, 6.07) is 10.5. The maximum Gasteiger partial charge on any atom is 0.247 e. The summed E-state index contributed by atoms with van der Waals surface area (Å²) in [5.41, 5.74) is 2.14. The summed E-state index contributed by atoms with van der Waals surface area (Å²) in [7, 11) is 1.49. The number of fused-ring (bicyclic) bond motifs is 3. The third-order valence-electron chi connectivity index (χ3n) is 4.69. The molecule has 0 unspecified atom stereocenters. The SMILES string of the molecule is C=CCSc1nnc2c(n1)O[C@@H](c1cc(Cl)cc(Cl)c1OC)N(C(C)=O)c1ccccc1-2. The molecule has 4 rings (SSSR count). The number of aromatic nitrogens is 3. The van der Waals surface area contributed by atoms with Crippen molar-refractivity contribution in [2.45, 2.75) is 18.3 Å². The Hall–Kier alpha value is -2.81. The van der Waals surface area contributed by atoms with Crippen LogP contribution in [0.4, 0.5) is 5.69 Å². The van der Waals surface area contributed by atoms with Crippen LogP contribution in [0.3, 0.4) is 0 Å². The molecule has 0 aliphatic carbocycles. The van der Waals surface area contributed by atoms with Crippen LogP contribution in [-0.2, 0) is 4.79 Å². The lowest BCUT2D eigenvalue weighted by atomic mass is 10.1. The Morgan fingerprint density at radius 1 is 1.31 bits per heavy atom. The second-order valence-electron chi connectivity index (χ2n) is 6.73. The molecule has 0 fully saturated rings. The number of anilines is 1. The van der Waals surface area contributed by atoms with E-state index in [1.807, 2.05) is 24.3 Å². The molecule has 2 heterocycles. The number of amides is 1. The Morgan fingerprint density at radius 3 is 2.81 bits per heavy atom. The largest absolute Gasteiger partial charge is 0.495 e. The van der Waals surface area contributed by atoms with E-state index in [0.717, 1.165) is 0 Å². The van der Waals surface area contributed by atoms with Gasteiger partial charge in [-0.15, -0.1) is 16.8 Å². The van der Waals surface area contributed by atoms with Crippen LogP contribution < -0.4 is 14.4 Å². The molecule has 164 valence electrons. The number of methoxy groups -OCH3 is 1. The zero-order chi connectivity index (χ0) is 22.8. The molecule has 0 saturated heterocycles. The van der Waals surface area contributed by atoms with Crippen LogP contribution in [0.15, 0.2) is 54.2 Å². The first-order chi connectivity index (χ1) is 15.4. The number of rotatable bonds is 5. The average molecular weight is 489 g/mol. The van der Waals surface area contributed by atoms with Crippen molar-refractivity contribution in [1.29, 1.82) is 0 Å². The van der Waals surface area contributed by atoms with Crippen LogP contribution in [0, 0.1) is 0 Å². The molecule has 0 saturated carbocycles. The highest BCUT2D eigenvalue weighted by Gasteiger charge is 2.36. The highest BCUT2D eigenvalue weighted by atomic mass is 35.5. The molecular weight excluding hydrogens is 471 g/mol. The summed E-state index contributed by atoms with van der Waals surface area (Å²) >= 11 is 14.1. The van der Waals surface area contributed by atoms with Crippen LogP contribution in [0.5, 0.6) is 11.6 Å². The molecule has 3 aromatic rings. The quantitative estimate of drug-likeness (QED) is 0.342. The Labute approximate surface area is 199 Å². The molecule has 0 N–H and O–H groups in total. The van der Waals surface area contributed by atoms with Crippen molar-refractivity contribution >= 4 is 46.6 Å². The molecule has 0 bridgehead atoms.